The smallest absolute Gasteiger partial charge is 0.295 e. The van der Waals surface area contributed by atoms with Crippen LogP contribution in [0.3, 0.4) is 0 Å². The number of hydrogen-bond donors (Lipinski definition) is 1. The number of nitrogens with zero attached hydrogens (tertiary/aromatic N) is 3. The van der Waals surface area contributed by atoms with Crippen LogP contribution in [-0.2, 0) is 0 Å². The lowest BCUT2D eigenvalue weighted by molar-refractivity contribution is 0.214. The Morgan fingerprint density at radius 3 is 3.33 bits per heavy atom. The van der Waals surface area contributed by atoms with Gasteiger partial charge in [-0.2, -0.15) is 0 Å². The second kappa shape index (κ2) is 2.44. The molecule has 0 saturated heterocycles. The third kappa shape index (κ3) is 0.990. The van der Waals surface area contributed by atoms with E-state index in [9.17, 15) is 4.79 Å². The van der Waals surface area contributed by atoms with Crippen LogP contribution in [0, 0.1) is 0 Å². The molecule has 2 aliphatic rings. The molecule has 0 radical (unpaired) electrons. The number of carbonyl (C=O) groups excluding carboxylic acids is 1. The first-order valence-corrected chi connectivity index (χ1v) is 3.61. The van der Waals surface area contributed by atoms with E-state index in [1.54, 1.807) is 19.2 Å². The molecule has 5 heteroatoms. The quantitative estimate of drug-likeness (QED) is 0.550. The summed E-state index contributed by atoms with van der Waals surface area (Å²) in [7, 11) is 0. The number of nitrogens with one attached hydrogen (secondary N) is 1. The molecule has 0 aliphatic carbocycles. The number of carbonyl (C=O) groups is 1. The summed E-state index contributed by atoms with van der Waals surface area (Å²) in [6.45, 7) is 2.11. The minimum atomic E-state index is -0.161. The van der Waals surface area contributed by atoms with Crippen LogP contribution >= 0.6 is 0 Å². The van der Waals surface area contributed by atoms with E-state index in [1.807, 2.05) is 0 Å². The van der Waals surface area contributed by atoms with Crippen molar-refractivity contribution in [1.82, 2.24) is 10.2 Å². The number of aliphatic imine (C=N–C) groups is 2. The van der Waals surface area contributed by atoms with E-state index >= 15 is 0 Å². The van der Waals surface area contributed by atoms with Crippen molar-refractivity contribution in [3.05, 3.63) is 11.9 Å². The number of urea groups is 1. The Hall–Kier alpha value is -1.65. The predicted molar refractivity (Wildman–Crippen MR) is 44.9 cm³/mol. The zero-order valence-corrected chi connectivity index (χ0v) is 6.61. The van der Waals surface area contributed by atoms with Gasteiger partial charge in [0.15, 0.2) is 0 Å². The van der Waals surface area contributed by atoms with Crippen molar-refractivity contribution in [1.29, 1.82) is 0 Å². The van der Waals surface area contributed by atoms with Crippen molar-refractivity contribution in [2.45, 2.75) is 6.92 Å². The molecular weight excluding hydrogens is 156 g/mol. The van der Waals surface area contributed by atoms with Gasteiger partial charge in [-0.15, -0.1) is 0 Å². The minimum absolute atomic E-state index is 0.161. The van der Waals surface area contributed by atoms with Crippen LogP contribution in [0.5, 0.6) is 0 Å². The number of fused-ring (bicyclic) bond motifs is 1. The summed E-state index contributed by atoms with van der Waals surface area (Å²) in [6, 6.07) is -0.161. The normalized spacial score (nSPS) is 21.1. The van der Waals surface area contributed by atoms with Crippen molar-refractivity contribution in [2.24, 2.45) is 9.98 Å². The molecule has 0 atom stereocenters. The number of hydrogen-bond acceptors (Lipinski definition) is 3. The Labute approximate surface area is 69.5 Å². The van der Waals surface area contributed by atoms with Crippen molar-refractivity contribution in [2.75, 3.05) is 6.67 Å². The number of amides is 2. The van der Waals surface area contributed by atoms with Crippen LogP contribution in [0.1, 0.15) is 6.92 Å². The second-order valence-electron chi connectivity index (χ2n) is 2.55. The summed E-state index contributed by atoms with van der Waals surface area (Å²) in [6.07, 6.45) is 3.37. The Bertz CT molecular complexity index is 313. The van der Waals surface area contributed by atoms with Gasteiger partial charge in [-0.05, 0) is 13.0 Å². The van der Waals surface area contributed by atoms with Crippen molar-refractivity contribution >= 4 is 18.1 Å². The molecule has 5 nitrogen and oxygen atoms in total. The first kappa shape index (κ1) is 7.02. The molecule has 0 aromatic carbocycles. The maximum atomic E-state index is 11.3. The average Bonchev–Trinajstić information content (AvgIpc) is 2.04. The molecule has 2 rings (SSSR count). The third-order valence-corrected chi connectivity index (χ3v) is 1.64. The molecule has 0 aromatic heterocycles. The first-order valence-electron chi connectivity index (χ1n) is 3.61. The van der Waals surface area contributed by atoms with Crippen molar-refractivity contribution in [3.8, 4) is 0 Å². The van der Waals surface area contributed by atoms with Crippen LogP contribution in [0.15, 0.2) is 21.9 Å². The first-order chi connectivity index (χ1) is 5.77. The molecule has 0 fully saturated rings. The summed E-state index contributed by atoms with van der Waals surface area (Å²) in [5.41, 5.74) is 0. The fourth-order valence-corrected chi connectivity index (χ4v) is 1.10. The van der Waals surface area contributed by atoms with Gasteiger partial charge in [0, 0.05) is 6.21 Å². The van der Waals surface area contributed by atoms with E-state index in [4.69, 9.17) is 0 Å². The molecule has 0 bridgehead atoms. The predicted octanol–water partition coefficient (Wildman–Crippen LogP) is 0.313. The van der Waals surface area contributed by atoms with Gasteiger partial charge < -0.3 is 0 Å². The van der Waals surface area contributed by atoms with Crippen molar-refractivity contribution in [3.63, 3.8) is 0 Å². The van der Waals surface area contributed by atoms with E-state index < -0.39 is 0 Å². The Morgan fingerprint density at radius 2 is 2.50 bits per heavy atom. The molecule has 12 heavy (non-hydrogen) atoms. The van der Waals surface area contributed by atoms with E-state index in [0.717, 1.165) is 0 Å². The van der Waals surface area contributed by atoms with E-state index in [1.165, 1.54) is 4.90 Å². The topological polar surface area (TPSA) is 57.1 Å². The Morgan fingerprint density at radius 1 is 1.67 bits per heavy atom. The standard InChI is InChI=1S/C7H8N4O/c1-5-9-6-2-3-8-4-11(6)7(12)10-5/h2-3H,4H2,1H3,(H,9,10,12). The van der Waals surface area contributed by atoms with Gasteiger partial charge in [0.2, 0.25) is 0 Å². The molecule has 0 aromatic rings. The van der Waals surface area contributed by atoms with Crippen LogP contribution in [0.2, 0.25) is 0 Å². The highest BCUT2D eigenvalue weighted by atomic mass is 16.2. The lowest BCUT2D eigenvalue weighted by atomic mass is 10.4. The average molecular weight is 164 g/mol. The molecule has 62 valence electrons. The molecule has 1 N–H and O–H groups in total. The number of rotatable bonds is 0. The molecule has 2 heterocycles. The minimum Gasteiger partial charge on any atom is -0.295 e. The highest BCUT2D eigenvalue weighted by Crippen LogP contribution is 2.12. The van der Waals surface area contributed by atoms with E-state index in [-0.39, 0.29) is 6.03 Å². The number of amidine groups is 1. The monoisotopic (exact) mass is 164 g/mol. The second-order valence-corrected chi connectivity index (χ2v) is 2.55. The van der Waals surface area contributed by atoms with Gasteiger partial charge in [0.1, 0.15) is 18.3 Å². The zero-order chi connectivity index (χ0) is 8.55. The van der Waals surface area contributed by atoms with E-state index in [2.05, 4.69) is 15.3 Å². The van der Waals surface area contributed by atoms with Crippen LogP contribution in [0.25, 0.3) is 0 Å². The summed E-state index contributed by atoms with van der Waals surface area (Å²) >= 11 is 0. The summed E-state index contributed by atoms with van der Waals surface area (Å²) in [5, 5.41) is 2.60. The fraction of sp³-hybridized carbons (Fsp3) is 0.286. The van der Waals surface area contributed by atoms with Crippen LogP contribution < -0.4 is 5.32 Å². The molecule has 0 saturated carbocycles. The molecule has 2 aliphatic heterocycles. The summed E-state index contributed by atoms with van der Waals surface area (Å²) in [4.78, 5) is 20.8. The highest BCUT2D eigenvalue weighted by Gasteiger charge is 2.23. The highest BCUT2D eigenvalue weighted by molar-refractivity contribution is 6.00. The van der Waals surface area contributed by atoms with E-state index in [0.29, 0.717) is 18.3 Å². The van der Waals surface area contributed by atoms with Crippen molar-refractivity contribution < 1.29 is 4.79 Å². The third-order valence-electron chi connectivity index (χ3n) is 1.64. The zero-order valence-electron chi connectivity index (χ0n) is 6.61. The van der Waals surface area contributed by atoms with Crippen LogP contribution in [0.4, 0.5) is 4.79 Å². The summed E-state index contributed by atoms with van der Waals surface area (Å²) < 4.78 is 0. The van der Waals surface area contributed by atoms with Gasteiger partial charge in [-0.3, -0.25) is 15.2 Å². The lowest BCUT2D eigenvalue weighted by Crippen LogP contribution is -2.46. The maximum Gasteiger partial charge on any atom is 0.329 e. The summed E-state index contributed by atoms with van der Waals surface area (Å²) in [5.74, 6) is 1.28. The Kier molecular flexibility index (Phi) is 1.43. The molecule has 2 amide bonds. The number of allylic oxidation sites excluding steroid dienone is 1. The molecular formula is C7H8N4O. The van der Waals surface area contributed by atoms with Crippen LogP contribution in [-0.4, -0.2) is 29.6 Å². The van der Waals surface area contributed by atoms with Gasteiger partial charge in [-0.1, -0.05) is 0 Å². The Balaban J connectivity index is 2.39. The maximum absolute atomic E-state index is 11.3. The van der Waals surface area contributed by atoms with Gasteiger partial charge in [0.25, 0.3) is 0 Å². The SMILES string of the molecule is CC1=NC2=CC=NCN2C(=O)N1. The van der Waals surface area contributed by atoms with Gasteiger partial charge in [0.05, 0.1) is 0 Å². The lowest BCUT2D eigenvalue weighted by Gasteiger charge is -2.26. The fourth-order valence-electron chi connectivity index (χ4n) is 1.10. The molecule has 0 spiro atoms. The molecule has 0 unspecified atom stereocenters. The van der Waals surface area contributed by atoms with Gasteiger partial charge >= 0.3 is 6.03 Å². The van der Waals surface area contributed by atoms with Gasteiger partial charge in [-0.25, -0.2) is 9.79 Å². The largest absolute Gasteiger partial charge is 0.329 e.